The second-order valence-electron chi connectivity index (χ2n) is 15.8. The molecular weight excluding hydrogens is 764 g/mol. The molecule has 2 aromatic heterocycles. The van der Waals surface area contributed by atoms with E-state index in [1.807, 2.05) is 24.8 Å². The van der Waals surface area contributed by atoms with Crippen molar-refractivity contribution in [3.05, 3.63) is 155 Å². The van der Waals surface area contributed by atoms with Crippen molar-refractivity contribution in [2.24, 2.45) is 0 Å². The van der Waals surface area contributed by atoms with Crippen LogP contribution in [0.3, 0.4) is 0 Å². The molecule has 57 heavy (non-hydrogen) atoms. The van der Waals surface area contributed by atoms with Crippen LogP contribution in [0.25, 0.3) is 22.3 Å². The second kappa shape index (κ2) is 18.7. The lowest BCUT2D eigenvalue weighted by Gasteiger charge is -2.41. The molecule has 2 aliphatic heterocycles. The maximum atomic E-state index is 6.41. The first-order valence-electron chi connectivity index (χ1n) is 21.3. The van der Waals surface area contributed by atoms with E-state index in [9.17, 15) is 0 Å². The molecule has 0 N–H and O–H groups in total. The van der Waals surface area contributed by atoms with E-state index in [2.05, 4.69) is 157 Å². The lowest BCUT2D eigenvalue weighted by atomic mass is 9.66. The average molecular weight is 822 g/mol. The number of rotatable bonds is 14. The quantitative estimate of drug-likeness (QED) is 0.110. The Kier molecular flexibility index (Phi) is 13.3. The van der Waals surface area contributed by atoms with E-state index in [-0.39, 0.29) is 10.8 Å². The monoisotopic (exact) mass is 820 g/mol. The summed E-state index contributed by atoms with van der Waals surface area (Å²) < 4.78 is 13.9. The molecule has 0 aliphatic carbocycles. The minimum Gasteiger partial charge on any atom is -0.457 e. The van der Waals surface area contributed by atoms with Gasteiger partial charge in [0.25, 0.3) is 0 Å². The minimum atomic E-state index is -0.0121. The summed E-state index contributed by atoms with van der Waals surface area (Å²) in [7, 11) is 0. The fourth-order valence-corrected chi connectivity index (χ4v) is 9.48. The zero-order chi connectivity index (χ0) is 39.7. The third-order valence-corrected chi connectivity index (χ3v) is 12.6. The molecule has 5 heteroatoms. The smallest absolute Gasteiger partial charge is 0.131 e. The highest BCUT2D eigenvalue weighted by Crippen LogP contribution is 2.56. The van der Waals surface area contributed by atoms with Gasteiger partial charge in [-0.15, -0.1) is 0 Å². The summed E-state index contributed by atoms with van der Waals surface area (Å²) in [6.07, 6.45) is 21.7. The zero-order valence-corrected chi connectivity index (χ0v) is 35.8. The summed E-state index contributed by atoms with van der Waals surface area (Å²) >= 11 is 3.71. The summed E-state index contributed by atoms with van der Waals surface area (Å²) in [5.41, 5.74) is 10.2. The molecule has 0 atom stereocenters. The molecule has 0 amide bonds. The van der Waals surface area contributed by atoms with Crippen LogP contribution in [-0.4, -0.2) is 9.97 Å². The van der Waals surface area contributed by atoms with E-state index < -0.39 is 0 Å². The molecule has 4 heterocycles. The van der Waals surface area contributed by atoms with Crippen molar-refractivity contribution in [1.29, 1.82) is 0 Å². The van der Waals surface area contributed by atoms with E-state index in [1.54, 1.807) is 0 Å². The fraction of sp³-hybridized carbons (Fsp3) is 0.346. The lowest BCUT2D eigenvalue weighted by Crippen LogP contribution is -2.31. The standard InChI is InChI=1S/C26H28BrNO.C26H29NO/c1-3-5-13-26(14-6-4-2)22-17-20(19-11-15-28-16-12-19)7-9-24(22)29-25-10-8-21(27)18-23(25)26;1-3-5-15-26(16-6-4-2)22-9-7-8-10-24(22)28-25-12-11-21(19-23(25)26)20-13-17-27-18-14-20/h7-12,15-18H,3-6,13-14H2,1-2H3;7-14,17-19H,3-6,15-16H2,1-2H3. The number of hydrogen-bond donors (Lipinski definition) is 0. The van der Waals surface area contributed by atoms with Crippen molar-refractivity contribution in [3.63, 3.8) is 0 Å². The Balaban J connectivity index is 0.000000174. The molecule has 8 rings (SSSR count). The normalized spacial score (nSPS) is 14.1. The number of benzene rings is 4. The van der Waals surface area contributed by atoms with E-state index in [1.165, 1.54) is 95.9 Å². The second-order valence-corrected chi connectivity index (χ2v) is 16.7. The van der Waals surface area contributed by atoms with Gasteiger partial charge in [-0.3, -0.25) is 9.97 Å². The van der Waals surface area contributed by atoms with Crippen molar-refractivity contribution >= 4 is 15.9 Å². The molecule has 0 unspecified atom stereocenters. The molecule has 2 aliphatic rings. The van der Waals surface area contributed by atoms with Crippen LogP contribution in [0.4, 0.5) is 0 Å². The molecule has 0 saturated heterocycles. The molecule has 4 aromatic carbocycles. The number of aromatic nitrogens is 2. The first-order valence-corrected chi connectivity index (χ1v) is 22.1. The number of hydrogen-bond acceptors (Lipinski definition) is 4. The SMILES string of the molecule is CCCCC1(CCCC)c2cc(Br)ccc2Oc2ccc(-c3ccncc3)cc21.CCCCC1(CCCC)c2ccccc2Oc2ccc(-c3ccncc3)cc21. The highest BCUT2D eigenvalue weighted by atomic mass is 79.9. The first-order chi connectivity index (χ1) is 28.0. The predicted octanol–water partition coefficient (Wildman–Crippen LogP) is 15.8. The summed E-state index contributed by atoms with van der Waals surface area (Å²) in [5, 5.41) is 0. The number of fused-ring (bicyclic) bond motifs is 4. The molecule has 6 aromatic rings. The van der Waals surface area contributed by atoms with E-state index in [4.69, 9.17) is 9.47 Å². The molecule has 0 radical (unpaired) electrons. The molecular formula is C52H57BrN2O2. The molecule has 294 valence electrons. The van der Waals surface area contributed by atoms with Gasteiger partial charge in [0.2, 0.25) is 0 Å². The van der Waals surface area contributed by atoms with Gasteiger partial charge in [0, 0.05) is 62.3 Å². The van der Waals surface area contributed by atoms with Gasteiger partial charge in [0.05, 0.1) is 0 Å². The number of unbranched alkanes of at least 4 members (excludes halogenated alkanes) is 4. The van der Waals surface area contributed by atoms with E-state index in [0.717, 1.165) is 53.2 Å². The fourth-order valence-electron chi connectivity index (χ4n) is 9.12. The van der Waals surface area contributed by atoms with Crippen LogP contribution < -0.4 is 9.47 Å². The van der Waals surface area contributed by atoms with Gasteiger partial charge < -0.3 is 9.47 Å². The molecule has 0 fully saturated rings. The summed E-state index contributed by atoms with van der Waals surface area (Å²) in [5.74, 6) is 4.05. The van der Waals surface area contributed by atoms with E-state index in [0.29, 0.717) is 0 Å². The van der Waals surface area contributed by atoms with Crippen LogP contribution in [0.2, 0.25) is 0 Å². The van der Waals surface area contributed by atoms with Crippen LogP contribution in [0.15, 0.2) is 132 Å². The van der Waals surface area contributed by atoms with Crippen molar-refractivity contribution in [1.82, 2.24) is 9.97 Å². The van der Waals surface area contributed by atoms with Gasteiger partial charge in [-0.05, 0) is 121 Å². The topological polar surface area (TPSA) is 44.2 Å². The van der Waals surface area contributed by atoms with Gasteiger partial charge in [-0.2, -0.15) is 0 Å². The minimum absolute atomic E-state index is 0.0121. The molecule has 0 spiro atoms. The lowest BCUT2D eigenvalue weighted by molar-refractivity contribution is 0.343. The summed E-state index contributed by atoms with van der Waals surface area (Å²) in [6.45, 7) is 9.13. The Morgan fingerprint density at radius 2 is 0.807 bits per heavy atom. The zero-order valence-electron chi connectivity index (χ0n) is 34.2. The maximum Gasteiger partial charge on any atom is 0.131 e. The Labute approximate surface area is 349 Å². The van der Waals surface area contributed by atoms with Crippen molar-refractivity contribution in [2.45, 2.75) is 116 Å². The third kappa shape index (κ3) is 8.46. The molecule has 0 bridgehead atoms. The van der Waals surface area contributed by atoms with Gasteiger partial charge in [-0.1, -0.05) is 125 Å². The Morgan fingerprint density at radius 1 is 0.421 bits per heavy atom. The summed E-state index contributed by atoms with van der Waals surface area (Å²) in [6, 6.07) is 36.8. The summed E-state index contributed by atoms with van der Waals surface area (Å²) in [4.78, 5) is 8.35. The van der Waals surface area contributed by atoms with Gasteiger partial charge in [-0.25, -0.2) is 0 Å². The van der Waals surface area contributed by atoms with Gasteiger partial charge >= 0.3 is 0 Å². The van der Waals surface area contributed by atoms with Crippen LogP contribution in [0.1, 0.15) is 127 Å². The maximum absolute atomic E-state index is 6.41. The van der Waals surface area contributed by atoms with Crippen LogP contribution in [0, 0.1) is 0 Å². The van der Waals surface area contributed by atoms with Gasteiger partial charge in [0.1, 0.15) is 23.0 Å². The van der Waals surface area contributed by atoms with Crippen molar-refractivity contribution in [2.75, 3.05) is 0 Å². The van der Waals surface area contributed by atoms with Crippen LogP contribution >= 0.6 is 15.9 Å². The van der Waals surface area contributed by atoms with Crippen molar-refractivity contribution in [3.8, 4) is 45.3 Å². The first kappa shape index (κ1) is 40.5. The number of halogens is 1. The number of para-hydroxylation sites is 1. The number of ether oxygens (including phenoxy) is 2. The highest BCUT2D eigenvalue weighted by Gasteiger charge is 2.42. The van der Waals surface area contributed by atoms with Crippen LogP contribution in [-0.2, 0) is 10.8 Å². The highest BCUT2D eigenvalue weighted by molar-refractivity contribution is 9.10. The average Bonchev–Trinajstić information content (AvgIpc) is 3.26. The van der Waals surface area contributed by atoms with E-state index >= 15 is 0 Å². The Bertz CT molecular complexity index is 2220. The van der Waals surface area contributed by atoms with Crippen LogP contribution in [0.5, 0.6) is 23.0 Å². The largest absolute Gasteiger partial charge is 0.457 e. The molecule has 4 nitrogen and oxygen atoms in total. The number of nitrogens with zero attached hydrogens (tertiary/aromatic N) is 2. The third-order valence-electron chi connectivity index (χ3n) is 12.1. The van der Waals surface area contributed by atoms with Crippen molar-refractivity contribution < 1.29 is 9.47 Å². The molecule has 0 saturated carbocycles. The van der Waals surface area contributed by atoms with Gasteiger partial charge in [0.15, 0.2) is 0 Å². The Morgan fingerprint density at radius 3 is 1.26 bits per heavy atom. The Hall–Kier alpha value is -4.74. The number of pyridine rings is 2. The predicted molar refractivity (Wildman–Crippen MR) is 240 cm³/mol.